The largest absolute Gasteiger partial charge is 0.376 e. The highest BCUT2D eigenvalue weighted by Crippen LogP contribution is 2.19. The van der Waals surface area contributed by atoms with Crippen molar-refractivity contribution < 1.29 is 4.74 Å². The van der Waals surface area contributed by atoms with E-state index in [2.05, 4.69) is 15.2 Å². The van der Waals surface area contributed by atoms with Crippen LogP contribution < -0.4 is 0 Å². The van der Waals surface area contributed by atoms with Crippen molar-refractivity contribution in [3.63, 3.8) is 0 Å². The van der Waals surface area contributed by atoms with E-state index in [0.717, 1.165) is 37.4 Å². The first-order chi connectivity index (χ1) is 9.34. The lowest BCUT2D eigenvalue weighted by atomic mass is 10.1. The van der Waals surface area contributed by atoms with Crippen molar-refractivity contribution in [1.29, 1.82) is 0 Å². The minimum atomic E-state index is 0.230. The van der Waals surface area contributed by atoms with Crippen molar-refractivity contribution in [3.05, 3.63) is 29.3 Å². The second kappa shape index (κ2) is 5.63. The summed E-state index contributed by atoms with van der Waals surface area (Å²) in [6.07, 6.45) is 7.23. The van der Waals surface area contributed by atoms with Crippen molar-refractivity contribution in [2.75, 3.05) is 6.61 Å². The molecule has 100 valence electrons. The summed E-state index contributed by atoms with van der Waals surface area (Å²) in [4.78, 5) is 4.13. The number of aromatic nitrogens is 4. The Kier molecular flexibility index (Phi) is 3.70. The second-order valence-corrected chi connectivity index (χ2v) is 5.08. The molecule has 3 heterocycles. The number of aromatic amines is 1. The molecule has 0 aliphatic carbocycles. The van der Waals surface area contributed by atoms with Gasteiger partial charge in [-0.1, -0.05) is 0 Å². The highest BCUT2D eigenvalue weighted by Gasteiger charge is 2.17. The Morgan fingerprint density at radius 2 is 2.42 bits per heavy atom. The van der Waals surface area contributed by atoms with Gasteiger partial charge in [0.05, 0.1) is 12.6 Å². The highest BCUT2D eigenvalue weighted by atomic mass is 32.1. The molecule has 0 amide bonds. The van der Waals surface area contributed by atoms with Gasteiger partial charge in [0.1, 0.15) is 0 Å². The third-order valence-corrected chi connectivity index (χ3v) is 3.65. The molecule has 1 fully saturated rings. The molecule has 1 saturated heterocycles. The average Bonchev–Trinajstić information content (AvgIpc) is 2.82. The van der Waals surface area contributed by atoms with E-state index in [4.69, 9.17) is 17.0 Å². The quantitative estimate of drug-likeness (QED) is 0.875. The summed E-state index contributed by atoms with van der Waals surface area (Å²) in [5.41, 5.74) is 0.964. The first kappa shape index (κ1) is 12.5. The van der Waals surface area contributed by atoms with Crippen LogP contribution in [0.1, 0.15) is 19.3 Å². The number of pyridine rings is 1. The van der Waals surface area contributed by atoms with Crippen LogP contribution in [0.25, 0.3) is 11.4 Å². The second-order valence-electron chi connectivity index (χ2n) is 4.69. The average molecular weight is 276 g/mol. The van der Waals surface area contributed by atoms with Gasteiger partial charge in [-0.3, -0.25) is 14.6 Å². The Hall–Kier alpha value is -1.53. The van der Waals surface area contributed by atoms with E-state index in [-0.39, 0.29) is 6.10 Å². The summed E-state index contributed by atoms with van der Waals surface area (Å²) in [5, 5.41) is 7.16. The molecule has 1 unspecified atom stereocenters. The maximum Gasteiger partial charge on any atom is 0.195 e. The van der Waals surface area contributed by atoms with E-state index in [1.54, 1.807) is 12.4 Å². The lowest BCUT2D eigenvalue weighted by Crippen LogP contribution is -2.24. The number of H-pyrrole nitrogens is 1. The number of hydrogen-bond acceptors (Lipinski definition) is 4. The van der Waals surface area contributed by atoms with Gasteiger partial charge in [0.2, 0.25) is 0 Å². The topological polar surface area (TPSA) is 55.7 Å². The summed E-state index contributed by atoms with van der Waals surface area (Å²) in [7, 11) is 0. The molecule has 2 aromatic heterocycles. The summed E-state index contributed by atoms with van der Waals surface area (Å²) in [6, 6.07) is 3.88. The van der Waals surface area contributed by atoms with Crippen LogP contribution in [-0.4, -0.2) is 32.5 Å². The van der Waals surface area contributed by atoms with Crippen LogP contribution in [0.3, 0.4) is 0 Å². The Labute approximate surface area is 116 Å². The van der Waals surface area contributed by atoms with E-state index < -0.39 is 0 Å². The van der Waals surface area contributed by atoms with Crippen LogP contribution in [0.15, 0.2) is 24.5 Å². The molecule has 3 rings (SSSR count). The van der Waals surface area contributed by atoms with Gasteiger partial charge in [-0.05, 0) is 43.6 Å². The number of ether oxygens (including phenoxy) is 1. The third-order valence-electron chi connectivity index (χ3n) is 3.34. The van der Waals surface area contributed by atoms with Crippen molar-refractivity contribution in [2.45, 2.75) is 31.9 Å². The third kappa shape index (κ3) is 2.74. The van der Waals surface area contributed by atoms with Gasteiger partial charge in [0.15, 0.2) is 10.6 Å². The molecule has 2 aromatic rings. The molecule has 1 N–H and O–H groups in total. The molecule has 0 aromatic carbocycles. The van der Waals surface area contributed by atoms with Crippen LogP contribution in [0.5, 0.6) is 0 Å². The van der Waals surface area contributed by atoms with Crippen LogP contribution >= 0.6 is 12.2 Å². The SMILES string of the molecule is S=c1[nH]nc(-c2cccnc2)n1CC1CCCCO1. The number of hydrogen-bond donors (Lipinski definition) is 1. The van der Waals surface area contributed by atoms with Crippen LogP contribution in [0.4, 0.5) is 0 Å². The van der Waals surface area contributed by atoms with E-state index >= 15 is 0 Å². The van der Waals surface area contributed by atoms with Crippen molar-refractivity contribution in [3.8, 4) is 11.4 Å². The Morgan fingerprint density at radius 3 is 3.16 bits per heavy atom. The summed E-state index contributed by atoms with van der Waals surface area (Å²) in [5.74, 6) is 0.826. The smallest absolute Gasteiger partial charge is 0.195 e. The molecule has 1 aliphatic rings. The maximum absolute atomic E-state index is 5.77. The molecule has 6 heteroatoms. The standard InChI is InChI=1S/C13H16N4OS/c19-13-16-15-12(10-4-3-6-14-8-10)17(13)9-11-5-1-2-7-18-11/h3-4,6,8,11H,1-2,5,7,9H2,(H,16,19). The lowest BCUT2D eigenvalue weighted by Gasteiger charge is -2.23. The Morgan fingerprint density at radius 1 is 1.47 bits per heavy atom. The first-order valence-corrected chi connectivity index (χ1v) is 6.92. The van der Waals surface area contributed by atoms with Crippen molar-refractivity contribution >= 4 is 12.2 Å². The van der Waals surface area contributed by atoms with Crippen LogP contribution in [-0.2, 0) is 11.3 Å². The van der Waals surface area contributed by atoms with Crippen LogP contribution in [0.2, 0.25) is 0 Å². The maximum atomic E-state index is 5.77. The van der Waals surface area contributed by atoms with Crippen LogP contribution in [0, 0.1) is 4.77 Å². The van der Waals surface area contributed by atoms with Gasteiger partial charge in [-0.15, -0.1) is 0 Å². The molecule has 0 bridgehead atoms. The number of nitrogens with zero attached hydrogens (tertiary/aromatic N) is 3. The van der Waals surface area contributed by atoms with E-state index in [0.29, 0.717) is 4.77 Å². The van der Waals surface area contributed by atoms with E-state index in [9.17, 15) is 0 Å². The molecule has 1 aliphatic heterocycles. The molecule has 1 atom stereocenters. The molecular weight excluding hydrogens is 260 g/mol. The first-order valence-electron chi connectivity index (χ1n) is 6.52. The zero-order valence-corrected chi connectivity index (χ0v) is 11.4. The number of rotatable bonds is 3. The molecule has 5 nitrogen and oxygen atoms in total. The minimum absolute atomic E-state index is 0.230. The fourth-order valence-electron chi connectivity index (χ4n) is 2.36. The predicted molar refractivity (Wildman–Crippen MR) is 74.2 cm³/mol. The fraction of sp³-hybridized carbons (Fsp3) is 0.462. The van der Waals surface area contributed by atoms with Gasteiger partial charge in [-0.25, -0.2) is 0 Å². The lowest BCUT2D eigenvalue weighted by molar-refractivity contribution is 0.00598. The monoisotopic (exact) mass is 276 g/mol. The molecule has 19 heavy (non-hydrogen) atoms. The van der Waals surface area contributed by atoms with Gasteiger partial charge >= 0.3 is 0 Å². The zero-order valence-electron chi connectivity index (χ0n) is 10.6. The van der Waals surface area contributed by atoms with Crippen molar-refractivity contribution in [1.82, 2.24) is 19.7 Å². The van der Waals surface area contributed by atoms with Gasteiger partial charge < -0.3 is 4.74 Å². The summed E-state index contributed by atoms with van der Waals surface area (Å²) >= 11 is 5.31. The summed E-state index contributed by atoms with van der Waals surface area (Å²) in [6.45, 7) is 1.59. The fourth-order valence-corrected chi connectivity index (χ4v) is 2.56. The Bertz CT molecular complexity index is 586. The van der Waals surface area contributed by atoms with Gasteiger partial charge in [0.25, 0.3) is 0 Å². The van der Waals surface area contributed by atoms with Crippen molar-refractivity contribution in [2.24, 2.45) is 0 Å². The van der Waals surface area contributed by atoms with Gasteiger partial charge in [-0.2, -0.15) is 5.10 Å². The number of nitrogens with one attached hydrogen (secondary N) is 1. The van der Waals surface area contributed by atoms with E-state index in [1.165, 1.54) is 6.42 Å². The molecule has 0 spiro atoms. The van der Waals surface area contributed by atoms with E-state index in [1.807, 2.05) is 16.7 Å². The normalized spacial score (nSPS) is 19.5. The predicted octanol–water partition coefficient (Wildman–Crippen LogP) is 2.57. The minimum Gasteiger partial charge on any atom is -0.376 e. The molecule has 0 radical (unpaired) electrons. The molecular formula is C13H16N4OS. The zero-order chi connectivity index (χ0) is 13.1. The molecule has 0 saturated carbocycles. The van der Waals surface area contributed by atoms with Gasteiger partial charge in [0, 0.05) is 24.6 Å². The Balaban J connectivity index is 1.88. The summed E-state index contributed by atoms with van der Waals surface area (Å²) < 4.78 is 8.41. The highest BCUT2D eigenvalue weighted by molar-refractivity contribution is 7.71.